The van der Waals surface area contributed by atoms with Gasteiger partial charge in [0.2, 0.25) is 0 Å². The molecule has 0 atom stereocenters. The van der Waals surface area contributed by atoms with Crippen molar-refractivity contribution in [2.45, 2.75) is 33.1 Å². The van der Waals surface area contributed by atoms with E-state index in [9.17, 15) is 0 Å². The largest absolute Gasteiger partial charge is 0.292 e. The summed E-state index contributed by atoms with van der Waals surface area (Å²) >= 11 is 2.40. The van der Waals surface area contributed by atoms with Gasteiger partial charge in [0, 0.05) is 14.8 Å². The fourth-order valence-corrected chi connectivity index (χ4v) is 3.84. The van der Waals surface area contributed by atoms with Crippen LogP contribution in [0.4, 0.5) is 0 Å². The van der Waals surface area contributed by atoms with Gasteiger partial charge < -0.3 is 0 Å². The lowest BCUT2D eigenvalue weighted by atomic mass is 9.87. The van der Waals surface area contributed by atoms with Crippen molar-refractivity contribution in [3.8, 4) is 17.1 Å². The van der Waals surface area contributed by atoms with Gasteiger partial charge in [-0.2, -0.15) is 0 Å². The number of benzene rings is 3. The summed E-state index contributed by atoms with van der Waals surface area (Å²) in [5.41, 5.74) is 7.20. The molecule has 0 aliphatic heterocycles. The fraction of sp³-hybridized carbons (Fsp3) is 0.208. The minimum atomic E-state index is 0.144. The van der Waals surface area contributed by atoms with E-state index in [-0.39, 0.29) is 5.41 Å². The first kappa shape index (κ1) is 18.2. The summed E-state index contributed by atoms with van der Waals surface area (Å²) < 4.78 is 3.52. The van der Waals surface area contributed by atoms with Gasteiger partial charge >= 0.3 is 0 Å². The number of hydrogen-bond acceptors (Lipinski definition) is 1. The number of para-hydroxylation sites is 2. The Hall–Kier alpha value is -2.14. The maximum Gasteiger partial charge on any atom is 0.145 e. The van der Waals surface area contributed by atoms with Gasteiger partial charge in [-0.15, -0.1) is 0 Å². The van der Waals surface area contributed by atoms with Crippen LogP contribution in [0, 0.1) is 10.5 Å². The van der Waals surface area contributed by atoms with Gasteiger partial charge in [-0.25, -0.2) is 4.98 Å². The average molecular weight is 466 g/mol. The Morgan fingerprint density at radius 1 is 0.889 bits per heavy atom. The standard InChI is InChI=1S/C24H23IN2/c1-16-9-10-17(15-20(16)25)23-26-21-7-5-6-8-22(21)27(23)19-13-11-18(12-14-19)24(2,3)4/h5-15H,1-4H3. The third kappa shape index (κ3) is 3.41. The maximum absolute atomic E-state index is 4.96. The second-order valence-electron chi connectivity index (χ2n) is 8.02. The predicted octanol–water partition coefficient (Wildman–Crippen LogP) is 6.90. The molecule has 2 nitrogen and oxygen atoms in total. The molecule has 0 aliphatic carbocycles. The second-order valence-corrected chi connectivity index (χ2v) is 9.18. The van der Waals surface area contributed by atoms with E-state index in [1.807, 2.05) is 6.07 Å². The molecule has 0 radical (unpaired) electrons. The van der Waals surface area contributed by atoms with Crippen LogP contribution in [0.25, 0.3) is 28.1 Å². The maximum atomic E-state index is 4.96. The van der Waals surface area contributed by atoms with E-state index >= 15 is 0 Å². The zero-order valence-electron chi connectivity index (χ0n) is 16.1. The van der Waals surface area contributed by atoms with Crippen molar-refractivity contribution in [1.29, 1.82) is 0 Å². The molecule has 0 unspecified atom stereocenters. The molecule has 0 saturated carbocycles. The van der Waals surface area contributed by atoms with Crippen molar-refractivity contribution >= 4 is 33.6 Å². The first-order valence-electron chi connectivity index (χ1n) is 9.19. The van der Waals surface area contributed by atoms with Gasteiger partial charge in [0.25, 0.3) is 0 Å². The summed E-state index contributed by atoms with van der Waals surface area (Å²) in [6.45, 7) is 8.87. The first-order valence-corrected chi connectivity index (χ1v) is 10.3. The van der Waals surface area contributed by atoms with Crippen LogP contribution in [-0.4, -0.2) is 9.55 Å². The van der Waals surface area contributed by atoms with Crippen molar-refractivity contribution in [3.05, 3.63) is 81.4 Å². The molecule has 4 aromatic rings. The normalized spacial score (nSPS) is 11.9. The van der Waals surface area contributed by atoms with E-state index in [1.54, 1.807) is 0 Å². The highest BCUT2D eigenvalue weighted by Crippen LogP contribution is 2.31. The van der Waals surface area contributed by atoms with E-state index in [0.29, 0.717) is 0 Å². The van der Waals surface area contributed by atoms with E-state index in [2.05, 4.69) is 116 Å². The van der Waals surface area contributed by atoms with Crippen LogP contribution >= 0.6 is 22.6 Å². The molecule has 1 aromatic heterocycles. The fourth-order valence-electron chi connectivity index (χ4n) is 3.32. The molecular formula is C24H23IN2. The summed E-state index contributed by atoms with van der Waals surface area (Å²) in [5.74, 6) is 0.984. The SMILES string of the molecule is Cc1ccc(-c2nc3ccccc3n2-c2ccc(C(C)(C)C)cc2)cc1I. The van der Waals surface area contributed by atoms with Crippen LogP contribution in [0.5, 0.6) is 0 Å². The van der Waals surface area contributed by atoms with Crippen LogP contribution in [0.1, 0.15) is 31.9 Å². The van der Waals surface area contributed by atoms with Crippen LogP contribution < -0.4 is 0 Å². The van der Waals surface area contributed by atoms with Crippen molar-refractivity contribution in [1.82, 2.24) is 9.55 Å². The number of hydrogen-bond donors (Lipinski definition) is 0. The Kier molecular flexibility index (Phi) is 4.58. The van der Waals surface area contributed by atoms with Crippen LogP contribution in [-0.2, 0) is 5.41 Å². The molecule has 1 heterocycles. The van der Waals surface area contributed by atoms with Crippen LogP contribution in [0.2, 0.25) is 0 Å². The zero-order valence-corrected chi connectivity index (χ0v) is 18.3. The van der Waals surface area contributed by atoms with Crippen molar-refractivity contribution < 1.29 is 0 Å². The summed E-state index contributed by atoms with van der Waals surface area (Å²) in [6.07, 6.45) is 0. The number of aryl methyl sites for hydroxylation is 1. The smallest absolute Gasteiger partial charge is 0.145 e. The van der Waals surface area contributed by atoms with Gasteiger partial charge in [0.15, 0.2) is 0 Å². The minimum absolute atomic E-state index is 0.144. The number of halogens is 1. The van der Waals surface area contributed by atoms with E-state index in [4.69, 9.17) is 4.98 Å². The van der Waals surface area contributed by atoms with Crippen LogP contribution in [0.3, 0.4) is 0 Å². The second kappa shape index (κ2) is 6.79. The highest BCUT2D eigenvalue weighted by atomic mass is 127. The molecule has 0 aliphatic rings. The minimum Gasteiger partial charge on any atom is -0.292 e. The Morgan fingerprint density at radius 3 is 2.26 bits per heavy atom. The van der Waals surface area contributed by atoms with Gasteiger partial charge in [0.05, 0.1) is 11.0 Å². The Morgan fingerprint density at radius 2 is 1.59 bits per heavy atom. The first-order chi connectivity index (χ1) is 12.8. The van der Waals surface area contributed by atoms with E-state index < -0.39 is 0 Å². The molecule has 4 rings (SSSR count). The van der Waals surface area contributed by atoms with Crippen LogP contribution in [0.15, 0.2) is 66.7 Å². The van der Waals surface area contributed by atoms with Crippen molar-refractivity contribution in [2.75, 3.05) is 0 Å². The molecule has 3 heteroatoms. The molecule has 0 bridgehead atoms. The molecule has 27 heavy (non-hydrogen) atoms. The number of nitrogens with zero attached hydrogens (tertiary/aromatic N) is 2. The molecule has 136 valence electrons. The summed E-state index contributed by atoms with van der Waals surface area (Å²) in [4.78, 5) is 4.96. The van der Waals surface area contributed by atoms with Crippen molar-refractivity contribution in [2.24, 2.45) is 0 Å². The van der Waals surface area contributed by atoms with Gasteiger partial charge in [-0.1, -0.05) is 57.2 Å². The molecule has 3 aromatic carbocycles. The third-order valence-corrected chi connectivity index (χ3v) is 6.14. The average Bonchev–Trinajstić information content (AvgIpc) is 3.03. The number of fused-ring (bicyclic) bond motifs is 1. The number of rotatable bonds is 2. The number of imidazole rings is 1. The Balaban J connectivity index is 1.94. The molecule has 0 spiro atoms. The molecule has 0 amide bonds. The van der Waals surface area contributed by atoms with Gasteiger partial charge in [-0.3, -0.25) is 4.57 Å². The lowest BCUT2D eigenvalue weighted by Gasteiger charge is -2.19. The Bertz CT molecular complexity index is 1120. The topological polar surface area (TPSA) is 17.8 Å². The van der Waals surface area contributed by atoms with Gasteiger partial charge in [-0.05, 0) is 76.4 Å². The highest BCUT2D eigenvalue weighted by molar-refractivity contribution is 14.1. The summed E-state index contributed by atoms with van der Waals surface area (Å²) in [7, 11) is 0. The predicted molar refractivity (Wildman–Crippen MR) is 123 cm³/mol. The van der Waals surface area contributed by atoms with Gasteiger partial charge in [0.1, 0.15) is 5.82 Å². The van der Waals surface area contributed by atoms with E-state index in [1.165, 1.54) is 14.7 Å². The van der Waals surface area contributed by atoms with E-state index in [0.717, 1.165) is 28.1 Å². The third-order valence-electron chi connectivity index (χ3n) is 4.98. The highest BCUT2D eigenvalue weighted by Gasteiger charge is 2.17. The molecule has 0 N–H and O–H groups in total. The molecule has 0 fully saturated rings. The summed E-state index contributed by atoms with van der Waals surface area (Å²) in [5, 5.41) is 0. The quantitative estimate of drug-likeness (QED) is 0.294. The monoisotopic (exact) mass is 466 g/mol. The number of aromatic nitrogens is 2. The van der Waals surface area contributed by atoms with Crippen molar-refractivity contribution in [3.63, 3.8) is 0 Å². The Labute approximate surface area is 174 Å². The summed E-state index contributed by atoms with van der Waals surface area (Å²) in [6, 6.07) is 23.8. The lowest BCUT2D eigenvalue weighted by molar-refractivity contribution is 0.590. The zero-order chi connectivity index (χ0) is 19.2. The lowest BCUT2D eigenvalue weighted by Crippen LogP contribution is -2.11. The molecule has 0 saturated heterocycles. The molecular weight excluding hydrogens is 443 g/mol.